The SMILES string of the molecule is COCCNCC(C)CCOCCC(C)C. The topological polar surface area (TPSA) is 30.5 Å². The second-order valence-electron chi connectivity index (χ2n) is 4.89. The van der Waals surface area contributed by atoms with Crippen LogP contribution in [0.5, 0.6) is 0 Å². The first-order valence-electron chi connectivity index (χ1n) is 6.44. The summed E-state index contributed by atoms with van der Waals surface area (Å²) in [6, 6.07) is 0. The molecule has 1 atom stereocenters. The van der Waals surface area contributed by atoms with Gasteiger partial charge in [0, 0.05) is 26.9 Å². The fourth-order valence-corrected chi connectivity index (χ4v) is 1.33. The van der Waals surface area contributed by atoms with Crippen molar-refractivity contribution in [2.75, 3.05) is 40.0 Å². The largest absolute Gasteiger partial charge is 0.383 e. The zero-order valence-corrected chi connectivity index (χ0v) is 11.4. The molecule has 1 N–H and O–H groups in total. The predicted molar refractivity (Wildman–Crippen MR) is 68.8 cm³/mol. The molecule has 0 fully saturated rings. The minimum atomic E-state index is 0.677. The minimum Gasteiger partial charge on any atom is -0.383 e. The highest BCUT2D eigenvalue weighted by Gasteiger charge is 2.01. The van der Waals surface area contributed by atoms with Crippen LogP contribution in [-0.2, 0) is 9.47 Å². The number of methoxy groups -OCH3 is 1. The zero-order chi connectivity index (χ0) is 12.2. The summed E-state index contributed by atoms with van der Waals surface area (Å²) in [6.07, 6.45) is 2.30. The number of hydrogen-bond acceptors (Lipinski definition) is 3. The molecule has 0 aliphatic carbocycles. The Balaban J connectivity index is 3.14. The van der Waals surface area contributed by atoms with Crippen LogP contribution < -0.4 is 5.32 Å². The average molecular weight is 231 g/mol. The number of hydrogen-bond donors (Lipinski definition) is 1. The highest BCUT2D eigenvalue weighted by atomic mass is 16.5. The van der Waals surface area contributed by atoms with Crippen molar-refractivity contribution in [3.8, 4) is 0 Å². The van der Waals surface area contributed by atoms with Gasteiger partial charge in [0.15, 0.2) is 0 Å². The zero-order valence-electron chi connectivity index (χ0n) is 11.4. The van der Waals surface area contributed by atoms with E-state index < -0.39 is 0 Å². The lowest BCUT2D eigenvalue weighted by Gasteiger charge is -2.13. The van der Waals surface area contributed by atoms with E-state index in [-0.39, 0.29) is 0 Å². The highest BCUT2D eigenvalue weighted by Crippen LogP contribution is 2.03. The van der Waals surface area contributed by atoms with Crippen LogP contribution in [0.15, 0.2) is 0 Å². The molecule has 0 aromatic heterocycles. The Labute approximate surface area is 101 Å². The molecule has 0 aromatic carbocycles. The minimum absolute atomic E-state index is 0.677. The van der Waals surface area contributed by atoms with Gasteiger partial charge < -0.3 is 14.8 Å². The smallest absolute Gasteiger partial charge is 0.0587 e. The summed E-state index contributed by atoms with van der Waals surface area (Å²) in [6.45, 7) is 11.3. The van der Waals surface area contributed by atoms with Crippen molar-refractivity contribution >= 4 is 0 Å². The monoisotopic (exact) mass is 231 g/mol. The Morgan fingerprint density at radius 3 is 2.31 bits per heavy atom. The van der Waals surface area contributed by atoms with Crippen LogP contribution >= 0.6 is 0 Å². The van der Waals surface area contributed by atoms with E-state index in [4.69, 9.17) is 9.47 Å². The van der Waals surface area contributed by atoms with Crippen LogP contribution in [0.1, 0.15) is 33.6 Å². The molecule has 0 aliphatic rings. The van der Waals surface area contributed by atoms with Crippen LogP contribution in [0.3, 0.4) is 0 Å². The molecule has 1 unspecified atom stereocenters. The molecule has 16 heavy (non-hydrogen) atoms. The Hall–Kier alpha value is -0.120. The normalized spacial score (nSPS) is 13.3. The standard InChI is InChI=1S/C13H29NO2/c1-12(2)5-8-16-9-6-13(3)11-14-7-10-15-4/h12-14H,5-11H2,1-4H3. The molecule has 0 rings (SSSR count). The lowest BCUT2D eigenvalue weighted by molar-refractivity contribution is 0.111. The molecule has 0 amide bonds. The van der Waals surface area contributed by atoms with Crippen molar-refractivity contribution in [2.45, 2.75) is 33.6 Å². The molecule has 3 nitrogen and oxygen atoms in total. The Morgan fingerprint density at radius 2 is 1.69 bits per heavy atom. The van der Waals surface area contributed by atoms with Gasteiger partial charge in [-0.05, 0) is 31.2 Å². The third-order valence-corrected chi connectivity index (χ3v) is 2.57. The molecule has 0 aromatic rings. The lowest BCUT2D eigenvalue weighted by atomic mass is 10.1. The van der Waals surface area contributed by atoms with Gasteiger partial charge in [-0.1, -0.05) is 20.8 Å². The quantitative estimate of drug-likeness (QED) is 0.554. The number of nitrogens with one attached hydrogen (secondary N) is 1. The van der Waals surface area contributed by atoms with E-state index in [0.717, 1.165) is 45.2 Å². The molecule has 98 valence electrons. The van der Waals surface area contributed by atoms with Crippen LogP contribution in [0, 0.1) is 11.8 Å². The summed E-state index contributed by atoms with van der Waals surface area (Å²) in [4.78, 5) is 0. The van der Waals surface area contributed by atoms with E-state index in [9.17, 15) is 0 Å². The van der Waals surface area contributed by atoms with Gasteiger partial charge in [-0.15, -0.1) is 0 Å². The first-order valence-corrected chi connectivity index (χ1v) is 6.44. The van der Waals surface area contributed by atoms with E-state index in [2.05, 4.69) is 26.1 Å². The molecule has 0 bridgehead atoms. The number of ether oxygens (including phenoxy) is 2. The van der Waals surface area contributed by atoms with Crippen LogP contribution in [0.2, 0.25) is 0 Å². The maximum Gasteiger partial charge on any atom is 0.0587 e. The molecule has 0 heterocycles. The second kappa shape index (κ2) is 11.4. The first-order chi connectivity index (χ1) is 7.66. The van der Waals surface area contributed by atoms with Gasteiger partial charge in [-0.2, -0.15) is 0 Å². The van der Waals surface area contributed by atoms with Gasteiger partial charge >= 0.3 is 0 Å². The summed E-state index contributed by atoms with van der Waals surface area (Å²) in [5.74, 6) is 1.42. The summed E-state index contributed by atoms with van der Waals surface area (Å²) >= 11 is 0. The van der Waals surface area contributed by atoms with Crippen molar-refractivity contribution in [1.82, 2.24) is 5.32 Å². The molecular formula is C13H29NO2. The maximum absolute atomic E-state index is 5.59. The van der Waals surface area contributed by atoms with Crippen molar-refractivity contribution in [3.05, 3.63) is 0 Å². The summed E-state index contributed by atoms with van der Waals surface area (Å²) in [5, 5.41) is 3.36. The predicted octanol–water partition coefficient (Wildman–Crippen LogP) is 2.31. The first kappa shape index (κ1) is 15.9. The van der Waals surface area contributed by atoms with E-state index in [1.807, 2.05) is 0 Å². The fraction of sp³-hybridized carbons (Fsp3) is 1.00. The van der Waals surface area contributed by atoms with Gasteiger partial charge in [-0.25, -0.2) is 0 Å². The molecule has 3 heteroatoms. The second-order valence-corrected chi connectivity index (χ2v) is 4.89. The van der Waals surface area contributed by atoms with Crippen molar-refractivity contribution in [1.29, 1.82) is 0 Å². The Morgan fingerprint density at radius 1 is 1.00 bits per heavy atom. The van der Waals surface area contributed by atoms with E-state index in [0.29, 0.717) is 5.92 Å². The van der Waals surface area contributed by atoms with Crippen LogP contribution in [0.25, 0.3) is 0 Å². The Kier molecular flexibility index (Phi) is 11.3. The summed E-state index contributed by atoms with van der Waals surface area (Å²) in [7, 11) is 1.73. The van der Waals surface area contributed by atoms with Crippen LogP contribution in [0.4, 0.5) is 0 Å². The van der Waals surface area contributed by atoms with Crippen molar-refractivity contribution in [3.63, 3.8) is 0 Å². The van der Waals surface area contributed by atoms with Gasteiger partial charge in [0.1, 0.15) is 0 Å². The summed E-state index contributed by atoms with van der Waals surface area (Å²) < 4.78 is 10.6. The molecule has 0 saturated heterocycles. The fourth-order valence-electron chi connectivity index (χ4n) is 1.33. The average Bonchev–Trinajstić information content (AvgIpc) is 2.23. The van der Waals surface area contributed by atoms with Gasteiger partial charge in [-0.3, -0.25) is 0 Å². The van der Waals surface area contributed by atoms with Crippen LogP contribution in [-0.4, -0.2) is 40.0 Å². The van der Waals surface area contributed by atoms with Gasteiger partial charge in [0.2, 0.25) is 0 Å². The molecule has 0 saturated carbocycles. The third kappa shape index (κ3) is 12.0. The third-order valence-electron chi connectivity index (χ3n) is 2.57. The van der Waals surface area contributed by atoms with Crippen molar-refractivity contribution < 1.29 is 9.47 Å². The van der Waals surface area contributed by atoms with Crippen molar-refractivity contribution in [2.24, 2.45) is 11.8 Å². The molecule has 0 radical (unpaired) electrons. The Bertz CT molecular complexity index is 140. The van der Waals surface area contributed by atoms with Gasteiger partial charge in [0.05, 0.1) is 6.61 Å². The number of rotatable bonds is 11. The van der Waals surface area contributed by atoms with E-state index in [1.54, 1.807) is 7.11 Å². The van der Waals surface area contributed by atoms with E-state index >= 15 is 0 Å². The highest BCUT2D eigenvalue weighted by molar-refractivity contribution is 4.56. The molecule has 0 aliphatic heterocycles. The maximum atomic E-state index is 5.59. The molecule has 0 spiro atoms. The van der Waals surface area contributed by atoms with E-state index in [1.165, 1.54) is 6.42 Å². The lowest BCUT2D eigenvalue weighted by Crippen LogP contribution is -2.25. The summed E-state index contributed by atoms with van der Waals surface area (Å²) in [5.41, 5.74) is 0. The molecular weight excluding hydrogens is 202 g/mol. The van der Waals surface area contributed by atoms with Gasteiger partial charge in [0.25, 0.3) is 0 Å².